The maximum absolute atomic E-state index is 13.8. The number of hydrogen-bond acceptors (Lipinski definition) is 11. The second kappa shape index (κ2) is 14.1. The molecular weight excluding hydrogens is 682 g/mol. The number of hydrogen-bond donors (Lipinski definition) is 3. The molecule has 17 heteroatoms. The van der Waals surface area contributed by atoms with Gasteiger partial charge in [-0.15, -0.1) is 0 Å². The molecule has 1 aliphatic carbocycles. The smallest absolute Gasteiger partial charge is 0.425 e. The molecule has 0 bridgehead atoms. The molecule has 16 nitrogen and oxygen atoms in total. The number of benzene rings is 1. The van der Waals surface area contributed by atoms with E-state index in [1.165, 1.54) is 6.33 Å². The fourth-order valence-corrected chi connectivity index (χ4v) is 6.15. The van der Waals surface area contributed by atoms with E-state index < -0.39 is 35.0 Å². The molecule has 2 aliphatic rings. The van der Waals surface area contributed by atoms with E-state index in [1.54, 1.807) is 46.1 Å². The summed E-state index contributed by atoms with van der Waals surface area (Å²) in [5.41, 5.74) is -0.167. The fraction of sp³-hybridized carbons (Fsp3) is 0.559. The Kier molecular flexibility index (Phi) is 10.4. The van der Waals surface area contributed by atoms with Gasteiger partial charge in [-0.25, -0.2) is 29.3 Å². The van der Waals surface area contributed by atoms with Crippen molar-refractivity contribution in [3.63, 3.8) is 0 Å². The minimum absolute atomic E-state index is 0.0751. The van der Waals surface area contributed by atoms with Crippen molar-refractivity contribution in [2.45, 2.75) is 96.7 Å². The molecule has 1 atom stereocenters. The van der Waals surface area contributed by atoms with Gasteiger partial charge in [-0.2, -0.15) is 4.90 Å². The number of anilines is 2. The minimum Gasteiger partial charge on any atom is -0.464 e. The first-order valence-electron chi connectivity index (χ1n) is 16.7. The van der Waals surface area contributed by atoms with Crippen LogP contribution < -0.4 is 20.4 Å². The number of rotatable bonds is 9. The summed E-state index contributed by atoms with van der Waals surface area (Å²) >= 11 is 6.73. The Morgan fingerprint density at radius 2 is 1.73 bits per heavy atom. The summed E-state index contributed by atoms with van der Waals surface area (Å²) in [6, 6.07) is 3.77. The number of amides is 4. The van der Waals surface area contributed by atoms with E-state index in [2.05, 4.69) is 25.6 Å². The van der Waals surface area contributed by atoms with Crippen LogP contribution >= 0.6 is 11.6 Å². The average molecular weight is 728 g/mol. The van der Waals surface area contributed by atoms with Crippen LogP contribution in [0.25, 0.3) is 11.2 Å². The van der Waals surface area contributed by atoms with Crippen LogP contribution in [0.5, 0.6) is 0 Å². The zero-order valence-electron chi connectivity index (χ0n) is 30.2. The number of imide groups is 1. The van der Waals surface area contributed by atoms with Crippen LogP contribution in [-0.4, -0.2) is 104 Å². The summed E-state index contributed by atoms with van der Waals surface area (Å²) < 4.78 is 12.6. The lowest BCUT2D eigenvalue weighted by Gasteiger charge is -2.32. The molecule has 5 rings (SSSR count). The van der Waals surface area contributed by atoms with E-state index in [9.17, 15) is 24.3 Å². The first-order chi connectivity index (χ1) is 23.7. The third-order valence-corrected chi connectivity index (χ3v) is 8.38. The van der Waals surface area contributed by atoms with E-state index in [1.807, 2.05) is 36.0 Å². The van der Waals surface area contributed by atoms with Crippen molar-refractivity contribution in [1.82, 2.24) is 35.1 Å². The molecule has 1 unspecified atom stereocenters. The summed E-state index contributed by atoms with van der Waals surface area (Å²) in [4.78, 5) is 69.5. The maximum atomic E-state index is 13.8. The van der Waals surface area contributed by atoms with Gasteiger partial charge >= 0.3 is 18.3 Å². The second-order valence-electron chi connectivity index (χ2n) is 15.3. The van der Waals surface area contributed by atoms with Gasteiger partial charge in [-0.1, -0.05) is 11.6 Å². The normalized spacial score (nSPS) is 17.8. The van der Waals surface area contributed by atoms with E-state index in [0.717, 1.165) is 36.0 Å². The Hall–Kier alpha value is -4.70. The van der Waals surface area contributed by atoms with Crippen LogP contribution in [0, 0.1) is 0 Å². The zero-order chi connectivity index (χ0) is 37.5. The van der Waals surface area contributed by atoms with Gasteiger partial charge < -0.3 is 39.6 Å². The number of aromatic nitrogens is 4. The number of imidazole rings is 1. The Bertz CT molecular complexity index is 1830. The summed E-state index contributed by atoms with van der Waals surface area (Å²) in [6.07, 6.45) is 1.35. The molecule has 0 spiro atoms. The van der Waals surface area contributed by atoms with Crippen LogP contribution in [0.15, 0.2) is 24.8 Å². The minimum atomic E-state index is -1.59. The molecule has 1 aliphatic heterocycles. The van der Waals surface area contributed by atoms with Crippen LogP contribution in [0.4, 0.5) is 25.9 Å². The van der Waals surface area contributed by atoms with Gasteiger partial charge in [-0.05, 0) is 98.2 Å². The molecule has 51 heavy (non-hydrogen) atoms. The molecule has 3 N–H and O–H groups in total. The Labute approximate surface area is 301 Å². The van der Waals surface area contributed by atoms with Crippen molar-refractivity contribution in [3.8, 4) is 0 Å². The molecule has 3 aromatic rings. The SMILES string of the molecule is CN(C)Cc1cc(Cl)cc(N2CCC(NC(=O)OC(C)(C)C)(C(=O)NC3CC3)C2)c1Cn1cnc2c(N(C(=O)O)C(=O)OC(C)(C)C)ncnc21. The Morgan fingerprint density at radius 3 is 2.33 bits per heavy atom. The van der Waals surface area contributed by atoms with E-state index in [0.29, 0.717) is 29.4 Å². The number of halogens is 1. The van der Waals surface area contributed by atoms with Gasteiger partial charge in [0.05, 0.1) is 19.4 Å². The number of nitrogens with one attached hydrogen (secondary N) is 2. The molecule has 2 fully saturated rings. The number of nitrogens with zero attached hydrogens (tertiary/aromatic N) is 7. The van der Waals surface area contributed by atoms with Gasteiger partial charge in [0.1, 0.15) is 23.1 Å². The molecule has 4 amide bonds. The Morgan fingerprint density at radius 1 is 1.04 bits per heavy atom. The lowest BCUT2D eigenvalue weighted by atomic mass is 9.97. The highest BCUT2D eigenvalue weighted by molar-refractivity contribution is 6.31. The number of ether oxygens (including phenoxy) is 2. The monoisotopic (exact) mass is 727 g/mol. The second-order valence-corrected chi connectivity index (χ2v) is 15.7. The predicted molar refractivity (Wildman–Crippen MR) is 190 cm³/mol. The standard InChI is InChI=1S/C34H46ClN9O7/c1-32(2,3)50-29(46)40-34(28(45)39-22-9-10-22)11-12-42(17-34)24-14-21(35)13-20(15-41(7)8)23(24)16-43-19-38-25-26(43)36-18-37-27(25)44(30(47)48)31(49)51-33(4,5)6/h13-14,18-19,22H,9-12,15-17H2,1-8H3,(H,39,45)(H,40,46)(H,47,48). The molecular formula is C34H46ClN9O7. The van der Waals surface area contributed by atoms with Crippen LogP contribution in [0.1, 0.15) is 71.9 Å². The van der Waals surface area contributed by atoms with Gasteiger partial charge in [0.15, 0.2) is 17.0 Å². The van der Waals surface area contributed by atoms with Gasteiger partial charge in [0.2, 0.25) is 5.91 Å². The third-order valence-electron chi connectivity index (χ3n) is 8.16. The Balaban J connectivity index is 1.54. The maximum Gasteiger partial charge on any atom is 0.425 e. The van der Waals surface area contributed by atoms with E-state index >= 15 is 0 Å². The first-order valence-corrected chi connectivity index (χ1v) is 17.1. The van der Waals surface area contributed by atoms with E-state index in [-0.39, 0.29) is 42.0 Å². The van der Waals surface area contributed by atoms with Crippen molar-refractivity contribution >= 4 is 58.5 Å². The quantitative estimate of drug-likeness (QED) is 0.275. The summed E-state index contributed by atoms with van der Waals surface area (Å²) in [5, 5.41) is 16.4. The van der Waals surface area contributed by atoms with Crippen molar-refractivity contribution in [2.75, 3.05) is 37.0 Å². The lowest BCUT2D eigenvalue weighted by molar-refractivity contribution is -0.127. The average Bonchev–Trinajstić information content (AvgIpc) is 3.54. The van der Waals surface area contributed by atoms with E-state index in [4.69, 9.17) is 21.1 Å². The van der Waals surface area contributed by atoms with Gasteiger partial charge in [0.25, 0.3) is 0 Å². The summed E-state index contributed by atoms with van der Waals surface area (Å²) in [5.74, 6) is -0.516. The molecule has 1 aromatic carbocycles. The van der Waals surface area contributed by atoms with Crippen molar-refractivity contribution < 1.29 is 33.8 Å². The van der Waals surface area contributed by atoms with Crippen molar-refractivity contribution in [1.29, 1.82) is 0 Å². The predicted octanol–water partition coefficient (Wildman–Crippen LogP) is 4.76. The van der Waals surface area contributed by atoms with Crippen molar-refractivity contribution in [2.24, 2.45) is 0 Å². The molecule has 276 valence electrons. The number of carbonyl (C=O) groups is 4. The van der Waals surface area contributed by atoms with Crippen LogP contribution in [0.2, 0.25) is 5.02 Å². The fourth-order valence-electron chi connectivity index (χ4n) is 5.91. The highest BCUT2D eigenvalue weighted by atomic mass is 35.5. The van der Waals surface area contributed by atoms with Crippen molar-refractivity contribution in [3.05, 3.63) is 40.9 Å². The highest BCUT2D eigenvalue weighted by Gasteiger charge is 2.48. The molecule has 3 heterocycles. The zero-order valence-corrected chi connectivity index (χ0v) is 31.0. The lowest BCUT2D eigenvalue weighted by Crippen LogP contribution is -2.61. The highest BCUT2D eigenvalue weighted by Crippen LogP contribution is 2.36. The number of alkyl carbamates (subject to hydrolysis) is 1. The summed E-state index contributed by atoms with van der Waals surface area (Å²) in [7, 11) is 3.86. The van der Waals surface area contributed by atoms with Gasteiger partial charge in [0, 0.05) is 29.8 Å². The number of fused-ring (bicyclic) bond motifs is 1. The van der Waals surface area contributed by atoms with Crippen LogP contribution in [0.3, 0.4) is 0 Å². The number of carbonyl (C=O) groups excluding carboxylic acids is 3. The van der Waals surface area contributed by atoms with Gasteiger partial charge in [-0.3, -0.25) is 4.79 Å². The largest absolute Gasteiger partial charge is 0.464 e. The number of carboxylic acid groups (broad SMARTS) is 1. The molecule has 1 saturated heterocycles. The first kappa shape index (κ1) is 37.6. The summed E-state index contributed by atoms with van der Waals surface area (Å²) in [6.45, 7) is 11.5. The topological polar surface area (TPSA) is 184 Å². The molecule has 2 aromatic heterocycles. The molecule has 0 radical (unpaired) electrons. The third kappa shape index (κ3) is 8.97. The molecule has 1 saturated carbocycles. The van der Waals surface area contributed by atoms with Crippen LogP contribution in [-0.2, 0) is 27.4 Å².